The Hall–Kier alpha value is -1.17. The third-order valence-corrected chi connectivity index (χ3v) is 2.11. The summed E-state index contributed by atoms with van der Waals surface area (Å²) in [6, 6.07) is 5.52. The lowest BCUT2D eigenvalue weighted by atomic mass is 10.1. The Labute approximate surface area is 95.4 Å². The molecule has 1 unspecified atom stereocenters. The van der Waals surface area contributed by atoms with E-state index in [0.717, 1.165) is 17.7 Å². The molecule has 0 radical (unpaired) electrons. The van der Waals surface area contributed by atoms with Crippen LogP contribution >= 0.6 is 11.6 Å². The highest BCUT2D eigenvalue weighted by atomic mass is 35.5. The molecule has 0 heterocycles. The molecule has 0 aliphatic rings. The first-order valence-electron chi connectivity index (χ1n) is 4.73. The van der Waals surface area contributed by atoms with Gasteiger partial charge in [0.25, 0.3) is 0 Å². The third-order valence-electron chi connectivity index (χ3n) is 1.88. The van der Waals surface area contributed by atoms with Crippen molar-refractivity contribution in [2.24, 2.45) is 5.73 Å². The number of ether oxygens (including phenoxy) is 1. The Morgan fingerprint density at radius 1 is 1.60 bits per heavy atom. The van der Waals surface area contributed by atoms with Gasteiger partial charge in [-0.05, 0) is 37.1 Å². The van der Waals surface area contributed by atoms with Gasteiger partial charge in [0.1, 0.15) is 12.4 Å². The largest absolute Gasteiger partial charge is 0.481 e. The molecule has 0 aliphatic heterocycles. The maximum absolute atomic E-state index is 5.90. The summed E-state index contributed by atoms with van der Waals surface area (Å²) in [6.45, 7) is 2.19. The smallest absolute Gasteiger partial charge is 0.148 e. The maximum Gasteiger partial charge on any atom is 0.148 e. The van der Waals surface area contributed by atoms with E-state index in [4.69, 9.17) is 28.5 Å². The van der Waals surface area contributed by atoms with E-state index in [2.05, 4.69) is 5.92 Å². The molecule has 2 nitrogen and oxygen atoms in total. The van der Waals surface area contributed by atoms with Crippen LogP contribution in [0.2, 0.25) is 5.02 Å². The predicted molar refractivity (Wildman–Crippen MR) is 63.1 cm³/mol. The quantitative estimate of drug-likeness (QED) is 0.795. The van der Waals surface area contributed by atoms with Crippen LogP contribution in [0, 0.1) is 12.3 Å². The number of benzene rings is 1. The Balaban J connectivity index is 2.88. The van der Waals surface area contributed by atoms with Gasteiger partial charge in [-0.15, -0.1) is 6.42 Å². The number of terminal acetylenes is 1. The molecule has 80 valence electrons. The number of nitrogens with two attached hydrogens (primary N) is 1. The summed E-state index contributed by atoms with van der Waals surface area (Å²) in [6.07, 6.45) is 5.85. The number of rotatable bonds is 4. The van der Waals surface area contributed by atoms with Crippen molar-refractivity contribution >= 4 is 11.6 Å². The maximum atomic E-state index is 5.90. The summed E-state index contributed by atoms with van der Waals surface area (Å²) in [5.41, 5.74) is 6.73. The van der Waals surface area contributed by atoms with Crippen molar-refractivity contribution in [1.29, 1.82) is 0 Å². The van der Waals surface area contributed by atoms with E-state index in [1.165, 1.54) is 0 Å². The predicted octanol–water partition coefficient (Wildman–Crippen LogP) is 2.24. The second kappa shape index (κ2) is 5.65. The minimum Gasteiger partial charge on any atom is -0.481 e. The molecule has 0 bridgehead atoms. The molecule has 3 heteroatoms. The van der Waals surface area contributed by atoms with Crippen LogP contribution in [-0.2, 0) is 6.42 Å². The van der Waals surface area contributed by atoms with Crippen LogP contribution in [0.5, 0.6) is 5.75 Å². The standard InChI is InChI=1S/C12H14ClNO/c1-3-6-15-12-5-4-11(13)8-10(12)7-9(2)14/h1,4-5,8-9H,6-7,14H2,2H3. The van der Waals surface area contributed by atoms with E-state index >= 15 is 0 Å². The zero-order valence-corrected chi connectivity index (χ0v) is 9.42. The highest BCUT2D eigenvalue weighted by Crippen LogP contribution is 2.23. The Morgan fingerprint density at radius 2 is 2.33 bits per heavy atom. The summed E-state index contributed by atoms with van der Waals surface area (Å²) in [5.74, 6) is 3.18. The SMILES string of the molecule is C#CCOc1ccc(Cl)cc1CC(C)N. The van der Waals surface area contributed by atoms with Gasteiger partial charge in [-0.25, -0.2) is 0 Å². The topological polar surface area (TPSA) is 35.2 Å². The molecule has 0 aromatic heterocycles. The summed E-state index contributed by atoms with van der Waals surface area (Å²) in [7, 11) is 0. The van der Waals surface area contributed by atoms with Gasteiger partial charge in [0.15, 0.2) is 0 Å². The first kappa shape index (κ1) is 11.9. The lowest BCUT2D eigenvalue weighted by molar-refractivity contribution is 0.365. The molecule has 0 aliphatic carbocycles. The average molecular weight is 224 g/mol. The summed E-state index contributed by atoms with van der Waals surface area (Å²) >= 11 is 5.90. The first-order valence-corrected chi connectivity index (χ1v) is 5.11. The van der Waals surface area contributed by atoms with E-state index in [0.29, 0.717) is 5.02 Å². The third kappa shape index (κ3) is 3.83. The molecule has 1 atom stereocenters. The van der Waals surface area contributed by atoms with Gasteiger partial charge in [0.2, 0.25) is 0 Å². The van der Waals surface area contributed by atoms with Gasteiger partial charge in [0, 0.05) is 11.1 Å². The van der Waals surface area contributed by atoms with Gasteiger partial charge in [0.05, 0.1) is 0 Å². The van der Waals surface area contributed by atoms with E-state index in [1.54, 1.807) is 6.07 Å². The van der Waals surface area contributed by atoms with E-state index < -0.39 is 0 Å². The van der Waals surface area contributed by atoms with Crippen molar-refractivity contribution in [3.8, 4) is 18.1 Å². The number of halogens is 1. The molecule has 0 spiro atoms. The highest BCUT2D eigenvalue weighted by molar-refractivity contribution is 6.30. The molecule has 0 saturated carbocycles. The molecule has 1 rings (SSSR count). The van der Waals surface area contributed by atoms with Gasteiger partial charge >= 0.3 is 0 Å². The van der Waals surface area contributed by atoms with Crippen LogP contribution in [0.4, 0.5) is 0 Å². The molecule has 0 amide bonds. The molecule has 1 aromatic carbocycles. The lowest BCUT2D eigenvalue weighted by Crippen LogP contribution is -2.18. The van der Waals surface area contributed by atoms with E-state index in [-0.39, 0.29) is 12.6 Å². The Bertz CT molecular complexity index is 368. The van der Waals surface area contributed by atoms with Crippen LogP contribution in [-0.4, -0.2) is 12.6 Å². The van der Waals surface area contributed by atoms with Crippen molar-refractivity contribution in [3.63, 3.8) is 0 Å². The van der Waals surface area contributed by atoms with Crippen molar-refractivity contribution in [2.45, 2.75) is 19.4 Å². The fraction of sp³-hybridized carbons (Fsp3) is 0.333. The molecule has 0 saturated heterocycles. The fourth-order valence-electron chi connectivity index (χ4n) is 1.31. The lowest BCUT2D eigenvalue weighted by Gasteiger charge is -2.11. The minimum absolute atomic E-state index is 0.0663. The van der Waals surface area contributed by atoms with Gasteiger partial charge < -0.3 is 10.5 Å². The average Bonchev–Trinajstić information content (AvgIpc) is 2.16. The van der Waals surface area contributed by atoms with Gasteiger partial charge in [-0.2, -0.15) is 0 Å². The normalized spacial score (nSPS) is 11.9. The fourth-order valence-corrected chi connectivity index (χ4v) is 1.51. The second-order valence-corrected chi connectivity index (χ2v) is 3.86. The second-order valence-electron chi connectivity index (χ2n) is 3.43. The van der Waals surface area contributed by atoms with Gasteiger partial charge in [-0.3, -0.25) is 0 Å². The zero-order chi connectivity index (χ0) is 11.3. The summed E-state index contributed by atoms with van der Waals surface area (Å²) < 4.78 is 5.39. The van der Waals surface area contributed by atoms with Gasteiger partial charge in [-0.1, -0.05) is 17.5 Å². The van der Waals surface area contributed by atoms with Crippen molar-refractivity contribution in [1.82, 2.24) is 0 Å². The van der Waals surface area contributed by atoms with Crippen LogP contribution in [0.25, 0.3) is 0 Å². The number of hydrogen-bond acceptors (Lipinski definition) is 2. The monoisotopic (exact) mass is 223 g/mol. The molecule has 0 fully saturated rings. The summed E-state index contributed by atoms with van der Waals surface area (Å²) in [5, 5.41) is 0.679. The van der Waals surface area contributed by atoms with Crippen LogP contribution in [0.1, 0.15) is 12.5 Å². The van der Waals surface area contributed by atoms with E-state index in [9.17, 15) is 0 Å². The highest BCUT2D eigenvalue weighted by Gasteiger charge is 2.06. The minimum atomic E-state index is 0.0663. The van der Waals surface area contributed by atoms with Crippen molar-refractivity contribution in [3.05, 3.63) is 28.8 Å². The summed E-state index contributed by atoms with van der Waals surface area (Å²) in [4.78, 5) is 0. The van der Waals surface area contributed by atoms with Crippen LogP contribution in [0.15, 0.2) is 18.2 Å². The van der Waals surface area contributed by atoms with E-state index in [1.807, 2.05) is 19.1 Å². The number of hydrogen-bond donors (Lipinski definition) is 1. The molecular formula is C12H14ClNO. The molecule has 15 heavy (non-hydrogen) atoms. The van der Waals surface area contributed by atoms with Crippen LogP contribution in [0.3, 0.4) is 0 Å². The Morgan fingerprint density at radius 3 is 2.93 bits per heavy atom. The van der Waals surface area contributed by atoms with Crippen molar-refractivity contribution < 1.29 is 4.74 Å². The molecular weight excluding hydrogens is 210 g/mol. The Kier molecular flexibility index (Phi) is 4.48. The van der Waals surface area contributed by atoms with Crippen LogP contribution < -0.4 is 10.5 Å². The zero-order valence-electron chi connectivity index (χ0n) is 8.66. The molecule has 2 N–H and O–H groups in total. The first-order chi connectivity index (χ1) is 7.13. The molecule has 1 aromatic rings. The van der Waals surface area contributed by atoms with Crippen molar-refractivity contribution in [2.75, 3.05) is 6.61 Å².